The number of hydrogen-bond donors (Lipinski definition) is 2. The van der Waals surface area contributed by atoms with Gasteiger partial charge in [-0.3, -0.25) is 4.79 Å². The Labute approximate surface area is 105 Å². The lowest BCUT2D eigenvalue weighted by Gasteiger charge is -2.41. The second-order valence-corrected chi connectivity index (χ2v) is 4.86. The van der Waals surface area contributed by atoms with Crippen molar-refractivity contribution >= 4 is 11.9 Å². The number of carbonyl (C=O) groups excluding carboxylic acids is 1. The van der Waals surface area contributed by atoms with Crippen LogP contribution in [0.2, 0.25) is 0 Å². The normalized spacial score (nSPS) is 16.9. The summed E-state index contributed by atoms with van der Waals surface area (Å²) < 4.78 is 4.95. The number of hydrogen-bond acceptors (Lipinski definition) is 3. The van der Waals surface area contributed by atoms with Gasteiger partial charge in [-0.25, -0.2) is 4.79 Å². The van der Waals surface area contributed by atoms with Gasteiger partial charge in [-0.15, -0.1) is 0 Å². The van der Waals surface area contributed by atoms with Crippen molar-refractivity contribution in [3.63, 3.8) is 0 Å². The van der Waals surface area contributed by atoms with Gasteiger partial charge in [0, 0.05) is 6.54 Å². The zero-order chi connectivity index (χ0) is 13.2. The number of carboxylic acid groups (broad SMARTS) is 1. The smallest absolute Gasteiger partial charge is 0.371 e. The molecule has 1 aromatic heterocycles. The molecule has 0 atom stereocenters. The minimum absolute atomic E-state index is 0.0537. The van der Waals surface area contributed by atoms with Gasteiger partial charge in [0.2, 0.25) is 5.76 Å². The molecule has 1 aliphatic carbocycles. The number of furan rings is 1. The third-order valence-electron chi connectivity index (χ3n) is 3.83. The van der Waals surface area contributed by atoms with E-state index in [2.05, 4.69) is 12.2 Å². The fourth-order valence-corrected chi connectivity index (χ4v) is 2.26. The maximum Gasteiger partial charge on any atom is 0.371 e. The summed E-state index contributed by atoms with van der Waals surface area (Å²) in [5.74, 6) is -1.67. The van der Waals surface area contributed by atoms with E-state index >= 15 is 0 Å². The summed E-state index contributed by atoms with van der Waals surface area (Å²) in [5, 5.41) is 11.5. The Bertz CT molecular complexity index is 454. The van der Waals surface area contributed by atoms with Gasteiger partial charge in [0.15, 0.2) is 5.76 Å². The predicted molar refractivity (Wildman–Crippen MR) is 64.6 cm³/mol. The Morgan fingerprint density at radius 1 is 1.39 bits per heavy atom. The molecule has 1 heterocycles. The molecule has 18 heavy (non-hydrogen) atoms. The zero-order valence-corrected chi connectivity index (χ0v) is 10.4. The molecule has 0 aliphatic heterocycles. The summed E-state index contributed by atoms with van der Waals surface area (Å²) >= 11 is 0. The standard InChI is InChI=1S/C13H17NO4/c1-2-13(6-3-7-13)8-14-11(15)9-4-5-10(18-9)12(16)17/h4-5H,2-3,6-8H2,1H3,(H,14,15)(H,16,17). The van der Waals surface area contributed by atoms with Crippen molar-refractivity contribution in [3.05, 3.63) is 23.7 Å². The average molecular weight is 251 g/mol. The maximum atomic E-state index is 11.8. The van der Waals surface area contributed by atoms with Crippen LogP contribution in [0.4, 0.5) is 0 Å². The molecule has 2 rings (SSSR count). The SMILES string of the molecule is CCC1(CNC(=O)c2ccc(C(=O)O)o2)CCC1. The number of aromatic carboxylic acids is 1. The van der Waals surface area contributed by atoms with Crippen molar-refractivity contribution in [1.82, 2.24) is 5.32 Å². The Morgan fingerprint density at radius 2 is 2.06 bits per heavy atom. The van der Waals surface area contributed by atoms with Crippen LogP contribution in [0.5, 0.6) is 0 Å². The van der Waals surface area contributed by atoms with Gasteiger partial charge in [0.05, 0.1) is 0 Å². The molecule has 5 heteroatoms. The molecular weight excluding hydrogens is 234 g/mol. The van der Waals surface area contributed by atoms with Crippen molar-refractivity contribution in [2.45, 2.75) is 32.6 Å². The fraction of sp³-hybridized carbons (Fsp3) is 0.538. The molecule has 1 amide bonds. The van der Waals surface area contributed by atoms with Gasteiger partial charge >= 0.3 is 5.97 Å². The van der Waals surface area contributed by atoms with E-state index in [4.69, 9.17) is 9.52 Å². The van der Waals surface area contributed by atoms with E-state index in [-0.39, 0.29) is 22.8 Å². The molecule has 0 bridgehead atoms. The number of amides is 1. The molecule has 5 nitrogen and oxygen atoms in total. The van der Waals surface area contributed by atoms with Gasteiger partial charge in [-0.2, -0.15) is 0 Å². The second kappa shape index (κ2) is 4.84. The van der Waals surface area contributed by atoms with Crippen LogP contribution in [0.25, 0.3) is 0 Å². The first-order valence-electron chi connectivity index (χ1n) is 6.18. The van der Waals surface area contributed by atoms with E-state index < -0.39 is 5.97 Å². The van der Waals surface area contributed by atoms with E-state index in [1.165, 1.54) is 18.6 Å². The second-order valence-electron chi connectivity index (χ2n) is 4.86. The molecule has 0 aromatic carbocycles. The van der Waals surface area contributed by atoms with Crippen LogP contribution < -0.4 is 5.32 Å². The largest absolute Gasteiger partial charge is 0.475 e. The summed E-state index contributed by atoms with van der Waals surface area (Å²) in [7, 11) is 0. The molecule has 1 saturated carbocycles. The third kappa shape index (κ3) is 2.39. The summed E-state index contributed by atoms with van der Waals surface area (Å²) in [4.78, 5) is 22.4. The van der Waals surface area contributed by atoms with Crippen LogP contribution in [-0.4, -0.2) is 23.5 Å². The topological polar surface area (TPSA) is 79.5 Å². The van der Waals surface area contributed by atoms with Crippen LogP contribution in [0.15, 0.2) is 16.5 Å². The predicted octanol–water partition coefficient (Wildman–Crippen LogP) is 2.29. The summed E-state index contributed by atoms with van der Waals surface area (Å²) in [5.41, 5.74) is 0.234. The molecule has 98 valence electrons. The summed E-state index contributed by atoms with van der Waals surface area (Å²) in [6.45, 7) is 2.76. The minimum Gasteiger partial charge on any atom is -0.475 e. The molecule has 1 aliphatic rings. The first-order valence-corrected chi connectivity index (χ1v) is 6.18. The third-order valence-corrected chi connectivity index (χ3v) is 3.83. The van der Waals surface area contributed by atoms with Gasteiger partial charge < -0.3 is 14.8 Å². The number of nitrogens with one attached hydrogen (secondary N) is 1. The number of carbonyl (C=O) groups is 2. The molecule has 0 spiro atoms. The van der Waals surface area contributed by atoms with Crippen molar-refractivity contribution < 1.29 is 19.1 Å². The minimum atomic E-state index is -1.17. The quantitative estimate of drug-likeness (QED) is 0.841. The zero-order valence-electron chi connectivity index (χ0n) is 10.4. The van der Waals surface area contributed by atoms with Crippen LogP contribution in [-0.2, 0) is 0 Å². The van der Waals surface area contributed by atoms with Crippen LogP contribution in [0.3, 0.4) is 0 Å². The highest BCUT2D eigenvalue weighted by atomic mass is 16.4. The van der Waals surface area contributed by atoms with Crippen molar-refractivity contribution in [2.24, 2.45) is 5.41 Å². The molecule has 0 unspecified atom stereocenters. The highest BCUT2D eigenvalue weighted by molar-refractivity contribution is 5.93. The average Bonchev–Trinajstić information content (AvgIpc) is 2.77. The first kappa shape index (κ1) is 12.7. The maximum absolute atomic E-state index is 11.8. The monoisotopic (exact) mass is 251 g/mol. The molecular formula is C13H17NO4. The van der Waals surface area contributed by atoms with Gasteiger partial charge in [-0.05, 0) is 36.8 Å². The van der Waals surface area contributed by atoms with Crippen LogP contribution in [0, 0.1) is 5.41 Å². The Hall–Kier alpha value is -1.78. The summed E-state index contributed by atoms with van der Waals surface area (Å²) in [6, 6.07) is 2.67. The molecule has 0 radical (unpaired) electrons. The van der Waals surface area contributed by atoms with Gasteiger partial charge in [0.25, 0.3) is 5.91 Å². The molecule has 1 fully saturated rings. The Morgan fingerprint density at radius 3 is 2.50 bits per heavy atom. The van der Waals surface area contributed by atoms with Crippen molar-refractivity contribution in [1.29, 1.82) is 0 Å². The summed E-state index contributed by atoms with van der Waals surface area (Å²) in [6.07, 6.45) is 4.55. The fourth-order valence-electron chi connectivity index (χ4n) is 2.26. The molecule has 2 N–H and O–H groups in total. The Balaban J connectivity index is 1.93. The van der Waals surface area contributed by atoms with E-state index in [1.807, 2.05) is 0 Å². The van der Waals surface area contributed by atoms with E-state index in [1.54, 1.807) is 0 Å². The van der Waals surface area contributed by atoms with Crippen molar-refractivity contribution in [2.75, 3.05) is 6.54 Å². The van der Waals surface area contributed by atoms with Gasteiger partial charge in [0.1, 0.15) is 0 Å². The Kier molecular flexibility index (Phi) is 3.41. The molecule has 0 saturated heterocycles. The lowest BCUT2D eigenvalue weighted by Crippen LogP contribution is -2.41. The lowest BCUT2D eigenvalue weighted by atomic mass is 9.67. The van der Waals surface area contributed by atoms with Crippen LogP contribution in [0.1, 0.15) is 53.7 Å². The highest BCUT2D eigenvalue weighted by Gasteiger charge is 2.35. The first-order chi connectivity index (χ1) is 8.56. The van der Waals surface area contributed by atoms with Crippen molar-refractivity contribution in [3.8, 4) is 0 Å². The van der Waals surface area contributed by atoms with Gasteiger partial charge in [-0.1, -0.05) is 13.3 Å². The lowest BCUT2D eigenvalue weighted by molar-refractivity contribution is 0.0658. The van der Waals surface area contributed by atoms with E-state index in [9.17, 15) is 9.59 Å². The molecule has 1 aromatic rings. The number of carboxylic acids is 1. The highest BCUT2D eigenvalue weighted by Crippen LogP contribution is 2.43. The number of rotatable bonds is 5. The van der Waals surface area contributed by atoms with E-state index in [0.717, 1.165) is 19.3 Å². The van der Waals surface area contributed by atoms with Crippen LogP contribution >= 0.6 is 0 Å². The van der Waals surface area contributed by atoms with E-state index in [0.29, 0.717) is 6.54 Å².